The third-order valence-corrected chi connectivity index (χ3v) is 3.86. The molecule has 2 aromatic rings. The molecule has 1 saturated carbocycles. The van der Waals surface area contributed by atoms with Gasteiger partial charge in [0.05, 0.1) is 16.4 Å². The predicted octanol–water partition coefficient (Wildman–Crippen LogP) is 2.74. The number of nitrogens with one attached hydrogen (secondary N) is 1. The van der Waals surface area contributed by atoms with Crippen LogP contribution in [0, 0.1) is 0 Å². The lowest BCUT2D eigenvalue weighted by molar-refractivity contribution is 0.336. The standard InChI is InChI=1S/C12H14BrN3/c13-11-5-2-6-16-10(8-15-12(11)16)7-14-9-3-1-4-9/h2,5-6,8-9,14H,1,3-4,7H2. The van der Waals surface area contributed by atoms with Crippen molar-refractivity contribution < 1.29 is 0 Å². The summed E-state index contributed by atoms with van der Waals surface area (Å²) in [6, 6.07) is 4.77. The monoisotopic (exact) mass is 279 g/mol. The summed E-state index contributed by atoms with van der Waals surface area (Å²) < 4.78 is 3.18. The third-order valence-electron chi connectivity index (χ3n) is 3.24. The van der Waals surface area contributed by atoms with Crippen LogP contribution in [-0.4, -0.2) is 15.4 Å². The molecule has 4 heteroatoms. The molecule has 0 aliphatic heterocycles. The Morgan fingerprint density at radius 3 is 3.12 bits per heavy atom. The number of halogens is 1. The second-order valence-corrected chi connectivity index (χ2v) is 5.16. The molecule has 1 N–H and O–H groups in total. The summed E-state index contributed by atoms with van der Waals surface area (Å²) in [4.78, 5) is 4.42. The lowest BCUT2D eigenvalue weighted by Crippen LogP contribution is -2.34. The topological polar surface area (TPSA) is 29.3 Å². The van der Waals surface area contributed by atoms with Crippen molar-refractivity contribution in [3.8, 4) is 0 Å². The van der Waals surface area contributed by atoms with Crippen molar-refractivity contribution in [3.05, 3.63) is 34.7 Å². The number of imidazole rings is 1. The Bertz CT molecular complexity index is 502. The summed E-state index contributed by atoms with van der Waals surface area (Å²) in [5.74, 6) is 0. The first kappa shape index (κ1) is 10.3. The van der Waals surface area contributed by atoms with Gasteiger partial charge in [-0.15, -0.1) is 0 Å². The molecule has 1 fully saturated rings. The number of aromatic nitrogens is 2. The van der Waals surface area contributed by atoms with E-state index >= 15 is 0 Å². The largest absolute Gasteiger partial charge is 0.308 e. The molecule has 84 valence electrons. The Labute approximate surface area is 103 Å². The minimum atomic E-state index is 0.720. The third kappa shape index (κ3) is 1.76. The Kier molecular flexibility index (Phi) is 2.69. The van der Waals surface area contributed by atoms with Crippen LogP contribution in [-0.2, 0) is 6.54 Å². The minimum Gasteiger partial charge on any atom is -0.308 e. The van der Waals surface area contributed by atoms with E-state index in [1.165, 1.54) is 25.0 Å². The first-order valence-electron chi connectivity index (χ1n) is 5.68. The van der Waals surface area contributed by atoms with Crippen LogP contribution in [0.3, 0.4) is 0 Å². The molecule has 0 saturated heterocycles. The quantitative estimate of drug-likeness (QED) is 0.936. The average Bonchev–Trinajstić information content (AvgIpc) is 2.61. The van der Waals surface area contributed by atoms with Crippen LogP contribution < -0.4 is 5.32 Å². The van der Waals surface area contributed by atoms with Gasteiger partial charge in [0, 0.05) is 18.8 Å². The molecule has 1 aliphatic rings. The van der Waals surface area contributed by atoms with Crippen LogP contribution in [0.5, 0.6) is 0 Å². The van der Waals surface area contributed by atoms with Crippen molar-refractivity contribution in [3.63, 3.8) is 0 Å². The second kappa shape index (κ2) is 4.18. The van der Waals surface area contributed by atoms with E-state index in [9.17, 15) is 0 Å². The molecular formula is C12H14BrN3. The number of rotatable bonds is 3. The normalized spacial score (nSPS) is 16.6. The molecule has 2 heterocycles. The van der Waals surface area contributed by atoms with Gasteiger partial charge >= 0.3 is 0 Å². The zero-order valence-electron chi connectivity index (χ0n) is 8.99. The Morgan fingerprint density at radius 2 is 2.38 bits per heavy atom. The highest BCUT2D eigenvalue weighted by Crippen LogP contribution is 2.20. The molecule has 0 aromatic carbocycles. The molecule has 0 atom stereocenters. The lowest BCUT2D eigenvalue weighted by atomic mass is 9.93. The van der Waals surface area contributed by atoms with Crippen LogP contribution in [0.2, 0.25) is 0 Å². The Hall–Kier alpha value is -0.870. The fourth-order valence-electron chi connectivity index (χ4n) is 2.02. The van der Waals surface area contributed by atoms with E-state index in [2.05, 4.69) is 36.8 Å². The second-order valence-electron chi connectivity index (χ2n) is 4.31. The van der Waals surface area contributed by atoms with E-state index in [1.807, 2.05) is 18.3 Å². The smallest absolute Gasteiger partial charge is 0.151 e. The molecule has 0 unspecified atom stereocenters. The van der Waals surface area contributed by atoms with Crippen molar-refractivity contribution in [2.24, 2.45) is 0 Å². The molecule has 3 rings (SSSR count). The maximum atomic E-state index is 4.42. The van der Waals surface area contributed by atoms with Gasteiger partial charge in [0.2, 0.25) is 0 Å². The summed E-state index contributed by atoms with van der Waals surface area (Å²) in [7, 11) is 0. The fourth-order valence-corrected chi connectivity index (χ4v) is 2.47. The predicted molar refractivity (Wildman–Crippen MR) is 67.4 cm³/mol. The fraction of sp³-hybridized carbons (Fsp3) is 0.417. The van der Waals surface area contributed by atoms with Gasteiger partial charge < -0.3 is 9.72 Å². The minimum absolute atomic E-state index is 0.720. The van der Waals surface area contributed by atoms with E-state index in [0.29, 0.717) is 0 Å². The van der Waals surface area contributed by atoms with Gasteiger partial charge in [0.15, 0.2) is 5.65 Å². The highest BCUT2D eigenvalue weighted by Gasteiger charge is 2.16. The van der Waals surface area contributed by atoms with Crippen LogP contribution in [0.4, 0.5) is 0 Å². The average molecular weight is 280 g/mol. The van der Waals surface area contributed by atoms with Crippen LogP contribution >= 0.6 is 15.9 Å². The Morgan fingerprint density at radius 1 is 1.50 bits per heavy atom. The Balaban J connectivity index is 1.83. The molecular weight excluding hydrogens is 266 g/mol. The van der Waals surface area contributed by atoms with Crippen LogP contribution in [0.15, 0.2) is 29.0 Å². The van der Waals surface area contributed by atoms with Gasteiger partial charge in [0.25, 0.3) is 0 Å². The van der Waals surface area contributed by atoms with Crippen molar-refractivity contribution in [1.29, 1.82) is 0 Å². The molecule has 1 aliphatic carbocycles. The van der Waals surface area contributed by atoms with Crippen molar-refractivity contribution in [2.45, 2.75) is 31.8 Å². The summed E-state index contributed by atoms with van der Waals surface area (Å²) in [6.07, 6.45) is 8.02. The van der Waals surface area contributed by atoms with E-state index in [-0.39, 0.29) is 0 Å². The summed E-state index contributed by atoms with van der Waals surface area (Å²) in [5.41, 5.74) is 2.22. The highest BCUT2D eigenvalue weighted by molar-refractivity contribution is 9.10. The number of pyridine rings is 1. The van der Waals surface area contributed by atoms with Crippen LogP contribution in [0.1, 0.15) is 25.0 Å². The molecule has 0 radical (unpaired) electrons. The molecule has 16 heavy (non-hydrogen) atoms. The highest BCUT2D eigenvalue weighted by atomic mass is 79.9. The maximum absolute atomic E-state index is 4.42. The number of fused-ring (bicyclic) bond motifs is 1. The SMILES string of the molecule is Brc1cccn2c(CNC3CCC3)cnc12. The number of hydrogen-bond donors (Lipinski definition) is 1. The lowest BCUT2D eigenvalue weighted by Gasteiger charge is -2.26. The van der Waals surface area contributed by atoms with Gasteiger partial charge in [0.1, 0.15) is 0 Å². The van der Waals surface area contributed by atoms with E-state index in [4.69, 9.17) is 0 Å². The zero-order chi connectivity index (χ0) is 11.0. The molecule has 0 amide bonds. The number of hydrogen-bond acceptors (Lipinski definition) is 2. The zero-order valence-corrected chi connectivity index (χ0v) is 10.6. The van der Waals surface area contributed by atoms with Gasteiger partial charge in [-0.25, -0.2) is 4.98 Å². The van der Waals surface area contributed by atoms with Crippen molar-refractivity contribution in [1.82, 2.24) is 14.7 Å². The van der Waals surface area contributed by atoms with Gasteiger partial charge in [-0.05, 0) is 40.9 Å². The maximum Gasteiger partial charge on any atom is 0.151 e. The summed E-state index contributed by atoms with van der Waals surface area (Å²) >= 11 is 3.51. The molecule has 0 spiro atoms. The van der Waals surface area contributed by atoms with Gasteiger partial charge in [-0.2, -0.15) is 0 Å². The molecule has 3 nitrogen and oxygen atoms in total. The molecule has 0 bridgehead atoms. The first-order valence-corrected chi connectivity index (χ1v) is 6.48. The van der Waals surface area contributed by atoms with E-state index < -0.39 is 0 Å². The van der Waals surface area contributed by atoms with Crippen molar-refractivity contribution in [2.75, 3.05) is 0 Å². The van der Waals surface area contributed by atoms with E-state index in [1.54, 1.807) is 0 Å². The summed E-state index contributed by atoms with van der Waals surface area (Å²) in [6.45, 7) is 0.905. The van der Waals surface area contributed by atoms with Crippen LogP contribution in [0.25, 0.3) is 5.65 Å². The number of nitrogens with zero attached hydrogens (tertiary/aromatic N) is 2. The van der Waals surface area contributed by atoms with Gasteiger partial charge in [-0.3, -0.25) is 0 Å². The van der Waals surface area contributed by atoms with E-state index in [0.717, 1.165) is 22.7 Å². The van der Waals surface area contributed by atoms with Crippen molar-refractivity contribution >= 4 is 21.6 Å². The molecule has 2 aromatic heterocycles. The first-order chi connectivity index (χ1) is 7.84. The van der Waals surface area contributed by atoms with Gasteiger partial charge in [-0.1, -0.05) is 6.42 Å². The summed E-state index contributed by atoms with van der Waals surface area (Å²) in [5, 5.41) is 3.56.